The quantitative estimate of drug-likeness (QED) is 0.578. The van der Waals surface area contributed by atoms with Crippen molar-refractivity contribution in [2.75, 3.05) is 0 Å². The van der Waals surface area contributed by atoms with Gasteiger partial charge in [-0.3, -0.25) is 4.98 Å². The van der Waals surface area contributed by atoms with Crippen molar-refractivity contribution in [1.82, 2.24) is 4.98 Å². The Labute approximate surface area is 72.3 Å². The maximum Gasteiger partial charge on any atom is 0.112 e. The number of aromatic nitrogens is 1. The van der Waals surface area contributed by atoms with Crippen LogP contribution in [0.1, 0.15) is 18.2 Å². The van der Waals surface area contributed by atoms with Crippen LogP contribution >= 0.6 is 0 Å². The molecule has 1 aromatic heterocycles. The molecule has 0 radical (unpaired) electrons. The fraction of sp³-hybridized carbons (Fsp3) is 0.300. The first-order chi connectivity index (χ1) is 5.68. The number of nitrogens with zero attached hydrogens (tertiary/aromatic N) is 1. The van der Waals surface area contributed by atoms with Gasteiger partial charge in [0.1, 0.15) is 6.10 Å². The first-order valence-electron chi connectivity index (χ1n) is 3.81. The summed E-state index contributed by atoms with van der Waals surface area (Å²) in [6.45, 7) is 3.56. The van der Waals surface area contributed by atoms with E-state index in [0.29, 0.717) is 0 Å². The molecule has 1 unspecified atom stereocenters. The lowest BCUT2D eigenvalue weighted by Crippen LogP contribution is -1.92. The van der Waals surface area contributed by atoms with E-state index in [2.05, 4.69) is 16.8 Å². The van der Waals surface area contributed by atoms with Crippen LogP contribution in [0, 0.1) is 18.8 Å². The highest BCUT2D eigenvalue weighted by molar-refractivity contribution is 5.32. The van der Waals surface area contributed by atoms with Gasteiger partial charge >= 0.3 is 0 Å². The molecule has 1 rings (SSSR count). The van der Waals surface area contributed by atoms with Crippen LogP contribution in [0.2, 0.25) is 0 Å². The maximum absolute atomic E-state index is 8.87. The molecule has 1 atom stereocenters. The average Bonchev–Trinajstić information content (AvgIpc) is 2.03. The van der Waals surface area contributed by atoms with Crippen LogP contribution in [0.4, 0.5) is 0 Å². The van der Waals surface area contributed by atoms with Gasteiger partial charge in [-0.15, -0.1) is 0 Å². The van der Waals surface area contributed by atoms with Gasteiger partial charge in [0.25, 0.3) is 0 Å². The molecule has 0 bridgehead atoms. The number of aliphatic hydroxyl groups is 1. The van der Waals surface area contributed by atoms with E-state index in [1.807, 2.05) is 19.1 Å². The molecule has 62 valence electrons. The van der Waals surface area contributed by atoms with Crippen molar-refractivity contribution in [3.05, 3.63) is 29.6 Å². The lowest BCUT2D eigenvalue weighted by atomic mass is 10.2. The van der Waals surface area contributed by atoms with Crippen LogP contribution in [-0.2, 0) is 0 Å². The van der Waals surface area contributed by atoms with Crippen LogP contribution < -0.4 is 0 Å². The predicted molar refractivity (Wildman–Crippen MR) is 47.5 cm³/mol. The molecular formula is C10H11NO. The summed E-state index contributed by atoms with van der Waals surface area (Å²) < 4.78 is 0. The highest BCUT2D eigenvalue weighted by atomic mass is 16.3. The van der Waals surface area contributed by atoms with Crippen molar-refractivity contribution in [3.8, 4) is 11.8 Å². The van der Waals surface area contributed by atoms with Gasteiger partial charge in [-0.05, 0) is 26.0 Å². The summed E-state index contributed by atoms with van der Waals surface area (Å²) in [7, 11) is 0. The molecule has 1 heterocycles. The minimum Gasteiger partial charge on any atom is -0.381 e. The SMILES string of the molecule is Cc1ccc(C#CC(C)O)cn1. The van der Waals surface area contributed by atoms with E-state index >= 15 is 0 Å². The monoisotopic (exact) mass is 161 g/mol. The Morgan fingerprint density at radius 1 is 1.50 bits per heavy atom. The molecule has 0 aromatic carbocycles. The Balaban J connectivity index is 2.79. The van der Waals surface area contributed by atoms with Gasteiger partial charge in [-0.1, -0.05) is 11.8 Å². The molecule has 0 fully saturated rings. The zero-order valence-corrected chi connectivity index (χ0v) is 7.20. The average molecular weight is 161 g/mol. The summed E-state index contributed by atoms with van der Waals surface area (Å²) >= 11 is 0. The van der Waals surface area contributed by atoms with Gasteiger partial charge in [0.15, 0.2) is 0 Å². The third-order valence-electron chi connectivity index (χ3n) is 1.34. The Morgan fingerprint density at radius 3 is 2.75 bits per heavy atom. The molecule has 0 aliphatic carbocycles. The third kappa shape index (κ3) is 2.73. The topological polar surface area (TPSA) is 33.1 Å². The Hall–Kier alpha value is -1.33. The zero-order valence-electron chi connectivity index (χ0n) is 7.20. The number of aryl methyl sites for hydroxylation is 1. The first-order valence-corrected chi connectivity index (χ1v) is 3.81. The fourth-order valence-corrected chi connectivity index (χ4v) is 0.730. The van der Waals surface area contributed by atoms with Crippen molar-refractivity contribution in [2.24, 2.45) is 0 Å². The highest BCUT2D eigenvalue weighted by Gasteiger charge is 1.87. The van der Waals surface area contributed by atoms with Crippen molar-refractivity contribution in [3.63, 3.8) is 0 Å². The number of hydrogen-bond acceptors (Lipinski definition) is 2. The van der Waals surface area contributed by atoms with E-state index in [1.165, 1.54) is 0 Å². The second-order valence-corrected chi connectivity index (χ2v) is 2.63. The van der Waals surface area contributed by atoms with Gasteiger partial charge in [0, 0.05) is 17.5 Å². The summed E-state index contributed by atoms with van der Waals surface area (Å²) in [5.41, 5.74) is 1.80. The van der Waals surface area contributed by atoms with Crippen molar-refractivity contribution >= 4 is 0 Å². The fourth-order valence-electron chi connectivity index (χ4n) is 0.730. The van der Waals surface area contributed by atoms with Crippen molar-refractivity contribution in [2.45, 2.75) is 20.0 Å². The molecule has 1 aromatic rings. The van der Waals surface area contributed by atoms with Crippen LogP contribution in [0.3, 0.4) is 0 Å². The lowest BCUT2D eigenvalue weighted by molar-refractivity contribution is 0.253. The van der Waals surface area contributed by atoms with Gasteiger partial charge in [0.2, 0.25) is 0 Å². The minimum atomic E-state index is -0.577. The zero-order chi connectivity index (χ0) is 8.97. The van der Waals surface area contributed by atoms with E-state index in [1.54, 1.807) is 13.1 Å². The molecule has 0 aliphatic heterocycles. The summed E-state index contributed by atoms with van der Waals surface area (Å²) in [6.07, 6.45) is 1.12. The standard InChI is InChI=1S/C10H11NO/c1-8-3-5-10(7-11-8)6-4-9(2)12/h3,5,7,9,12H,1-2H3. The number of hydrogen-bond donors (Lipinski definition) is 1. The van der Waals surface area contributed by atoms with Gasteiger partial charge < -0.3 is 5.11 Å². The molecule has 0 amide bonds. The number of rotatable bonds is 0. The molecule has 2 heteroatoms. The molecule has 1 N–H and O–H groups in total. The molecule has 0 spiro atoms. The van der Waals surface area contributed by atoms with Crippen molar-refractivity contribution in [1.29, 1.82) is 0 Å². The van der Waals surface area contributed by atoms with E-state index in [4.69, 9.17) is 5.11 Å². The van der Waals surface area contributed by atoms with Crippen LogP contribution in [0.5, 0.6) is 0 Å². The summed E-state index contributed by atoms with van der Waals surface area (Å²) in [5, 5.41) is 8.87. The molecule has 0 saturated heterocycles. The second kappa shape index (κ2) is 3.89. The first kappa shape index (κ1) is 8.76. The Kier molecular flexibility index (Phi) is 2.84. The number of pyridine rings is 1. The number of aliphatic hydroxyl groups excluding tert-OH is 1. The third-order valence-corrected chi connectivity index (χ3v) is 1.34. The molecule has 2 nitrogen and oxygen atoms in total. The van der Waals surface area contributed by atoms with Gasteiger partial charge in [-0.2, -0.15) is 0 Å². The molecule has 0 aliphatic rings. The van der Waals surface area contributed by atoms with Crippen LogP contribution in [-0.4, -0.2) is 16.2 Å². The Morgan fingerprint density at radius 2 is 2.25 bits per heavy atom. The van der Waals surface area contributed by atoms with Crippen LogP contribution in [0.25, 0.3) is 0 Å². The largest absolute Gasteiger partial charge is 0.381 e. The Bertz CT molecular complexity index is 303. The van der Waals surface area contributed by atoms with Crippen molar-refractivity contribution < 1.29 is 5.11 Å². The smallest absolute Gasteiger partial charge is 0.112 e. The summed E-state index contributed by atoms with van der Waals surface area (Å²) in [4.78, 5) is 4.07. The molecule has 0 saturated carbocycles. The predicted octanol–water partition coefficient (Wildman–Crippen LogP) is 1.12. The van der Waals surface area contributed by atoms with Gasteiger partial charge in [-0.25, -0.2) is 0 Å². The van der Waals surface area contributed by atoms with E-state index in [0.717, 1.165) is 11.3 Å². The minimum absolute atomic E-state index is 0.577. The van der Waals surface area contributed by atoms with Crippen LogP contribution in [0.15, 0.2) is 18.3 Å². The van der Waals surface area contributed by atoms with E-state index in [-0.39, 0.29) is 0 Å². The molecule has 12 heavy (non-hydrogen) atoms. The summed E-state index contributed by atoms with van der Waals surface area (Å²) in [5.74, 6) is 5.46. The van der Waals surface area contributed by atoms with E-state index < -0.39 is 6.10 Å². The lowest BCUT2D eigenvalue weighted by Gasteiger charge is -1.91. The summed E-state index contributed by atoms with van der Waals surface area (Å²) in [6, 6.07) is 3.78. The molecular weight excluding hydrogens is 150 g/mol. The maximum atomic E-state index is 8.87. The highest BCUT2D eigenvalue weighted by Crippen LogP contribution is 1.96. The second-order valence-electron chi connectivity index (χ2n) is 2.63. The van der Waals surface area contributed by atoms with E-state index in [9.17, 15) is 0 Å². The normalized spacial score (nSPS) is 11.6. The van der Waals surface area contributed by atoms with Gasteiger partial charge in [0.05, 0.1) is 0 Å².